The molecule has 31 heavy (non-hydrogen) atoms. The number of anilines is 1. The lowest BCUT2D eigenvalue weighted by molar-refractivity contribution is -0.136. The molecule has 0 radical (unpaired) electrons. The Morgan fingerprint density at radius 1 is 1.03 bits per heavy atom. The molecule has 1 heterocycles. The van der Waals surface area contributed by atoms with Crippen molar-refractivity contribution in [1.82, 2.24) is 9.78 Å². The van der Waals surface area contributed by atoms with E-state index in [0.717, 1.165) is 40.0 Å². The molecule has 2 N–H and O–H groups in total. The van der Waals surface area contributed by atoms with Gasteiger partial charge in [0, 0.05) is 22.9 Å². The Morgan fingerprint density at radius 3 is 2.23 bits per heavy atom. The van der Waals surface area contributed by atoms with E-state index in [2.05, 4.69) is 10.4 Å². The van der Waals surface area contributed by atoms with Crippen LogP contribution in [0.3, 0.4) is 0 Å². The van der Waals surface area contributed by atoms with E-state index in [1.54, 1.807) is 0 Å². The molecule has 4 fully saturated rings. The quantitative estimate of drug-likeness (QED) is 0.733. The van der Waals surface area contributed by atoms with Crippen LogP contribution in [0, 0.1) is 43.4 Å². The molecule has 0 unspecified atom stereocenters. The van der Waals surface area contributed by atoms with Gasteiger partial charge >= 0.3 is 5.97 Å². The summed E-state index contributed by atoms with van der Waals surface area (Å²) in [6, 6.07) is 7.96. The Hall–Kier alpha value is -2.63. The third-order valence-corrected chi connectivity index (χ3v) is 7.94. The summed E-state index contributed by atoms with van der Waals surface area (Å²) in [5.74, 6) is 2.47. The van der Waals surface area contributed by atoms with Crippen LogP contribution in [0.15, 0.2) is 24.3 Å². The number of aliphatic carboxylic acids is 1. The van der Waals surface area contributed by atoms with Crippen LogP contribution < -0.4 is 5.32 Å². The summed E-state index contributed by atoms with van der Waals surface area (Å²) in [5.41, 5.74) is 4.35. The zero-order chi connectivity index (χ0) is 21.7. The predicted octanol–water partition coefficient (Wildman–Crippen LogP) is 4.19. The molecule has 6 rings (SSSR count). The highest BCUT2D eigenvalue weighted by Gasteiger charge is 2.50. The molecule has 1 aromatic carbocycles. The molecule has 164 valence electrons. The van der Waals surface area contributed by atoms with Crippen LogP contribution >= 0.6 is 0 Å². The summed E-state index contributed by atoms with van der Waals surface area (Å²) in [4.78, 5) is 24.2. The van der Waals surface area contributed by atoms with Gasteiger partial charge in [-0.2, -0.15) is 5.10 Å². The summed E-state index contributed by atoms with van der Waals surface area (Å²) < 4.78 is 1.86. The number of carbonyl (C=O) groups is 2. The molecule has 4 aliphatic rings. The van der Waals surface area contributed by atoms with Crippen LogP contribution in [0.5, 0.6) is 0 Å². The fourth-order valence-corrected chi connectivity index (χ4v) is 6.74. The van der Waals surface area contributed by atoms with E-state index in [1.807, 2.05) is 42.8 Å². The largest absolute Gasteiger partial charge is 0.481 e. The molecule has 4 bridgehead atoms. The van der Waals surface area contributed by atoms with Gasteiger partial charge in [-0.3, -0.25) is 14.3 Å². The first kappa shape index (κ1) is 20.3. The van der Waals surface area contributed by atoms with Crippen LogP contribution in [-0.2, 0) is 22.6 Å². The number of nitrogens with zero attached hydrogens (tertiary/aromatic N) is 2. The first-order valence-electron chi connectivity index (χ1n) is 11.5. The van der Waals surface area contributed by atoms with Gasteiger partial charge in [0.2, 0.25) is 5.91 Å². The third kappa shape index (κ3) is 3.88. The second-order valence-corrected chi connectivity index (χ2v) is 10.0. The molecular formula is C25H31N3O3. The van der Waals surface area contributed by atoms with Gasteiger partial charge in [0.15, 0.2) is 0 Å². The predicted molar refractivity (Wildman–Crippen MR) is 118 cm³/mol. The number of amides is 1. The Balaban J connectivity index is 1.24. The lowest BCUT2D eigenvalue weighted by atomic mass is 9.51. The average Bonchev–Trinajstić information content (AvgIpc) is 2.95. The minimum Gasteiger partial charge on any atom is -0.481 e. The van der Waals surface area contributed by atoms with Gasteiger partial charge in [-0.15, -0.1) is 0 Å². The van der Waals surface area contributed by atoms with E-state index in [4.69, 9.17) is 5.11 Å². The van der Waals surface area contributed by atoms with Crippen LogP contribution in [-0.4, -0.2) is 26.8 Å². The van der Waals surface area contributed by atoms with Crippen molar-refractivity contribution in [2.75, 3.05) is 5.32 Å². The van der Waals surface area contributed by atoms with Gasteiger partial charge in [-0.1, -0.05) is 12.1 Å². The van der Waals surface area contributed by atoms with E-state index in [9.17, 15) is 9.59 Å². The van der Waals surface area contributed by atoms with E-state index < -0.39 is 5.97 Å². The fraction of sp³-hybridized carbons (Fsp3) is 0.560. The Labute approximate surface area is 183 Å². The van der Waals surface area contributed by atoms with Crippen molar-refractivity contribution in [3.8, 4) is 0 Å². The molecule has 1 amide bonds. The fourth-order valence-electron chi connectivity index (χ4n) is 6.74. The van der Waals surface area contributed by atoms with Crippen molar-refractivity contribution in [2.24, 2.45) is 29.6 Å². The lowest BCUT2D eigenvalue weighted by Gasteiger charge is -2.53. The summed E-state index contributed by atoms with van der Waals surface area (Å²) in [6.45, 7) is 4.35. The summed E-state index contributed by atoms with van der Waals surface area (Å²) >= 11 is 0. The lowest BCUT2D eigenvalue weighted by Crippen LogP contribution is -2.49. The van der Waals surface area contributed by atoms with Gasteiger partial charge in [-0.05, 0) is 87.3 Å². The van der Waals surface area contributed by atoms with Crippen LogP contribution in [0.4, 0.5) is 5.69 Å². The molecular weight excluding hydrogens is 390 g/mol. The number of benzene rings is 1. The number of carboxylic acid groups (broad SMARTS) is 1. The van der Waals surface area contributed by atoms with Gasteiger partial charge in [0.1, 0.15) is 0 Å². The number of nitrogens with one attached hydrogen (secondary N) is 1. The molecule has 6 heteroatoms. The molecule has 0 spiro atoms. The smallest absolute Gasteiger partial charge is 0.307 e. The number of aromatic nitrogens is 2. The highest BCUT2D eigenvalue weighted by atomic mass is 16.4. The maximum absolute atomic E-state index is 13.1. The minimum atomic E-state index is -0.843. The van der Waals surface area contributed by atoms with Crippen LogP contribution in [0.1, 0.15) is 54.6 Å². The number of carboxylic acids is 1. The second-order valence-electron chi connectivity index (χ2n) is 10.0. The van der Waals surface area contributed by atoms with Gasteiger partial charge in [-0.25, -0.2) is 0 Å². The van der Waals surface area contributed by atoms with Crippen molar-refractivity contribution in [1.29, 1.82) is 0 Å². The number of carbonyl (C=O) groups excluding carboxylic acids is 1. The second kappa shape index (κ2) is 7.81. The molecule has 4 aliphatic carbocycles. The zero-order valence-corrected chi connectivity index (χ0v) is 18.3. The Morgan fingerprint density at radius 2 is 1.65 bits per heavy atom. The van der Waals surface area contributed by atoms with Crippen LogP contribution in [0.2, 0.25) is 0 Å². The number of rotatable bonds is 6. The highest BCUT2D eigenvalue weighted by Crippen LogP contribution is 2.56. The maximum Gasteiger partial charge on any atom is 0.307 e. The van der Waals surface area contributed by atoms with E-state index >= 15 is 0 Å². The molecule has 0 atom stereocenters. The third-order valence-electron chi connectivity index (χ3n) is 7.94. The SMILES string of the molecule is Cc1nn(Cc2ccc(NC(=O)C3[C@H]4C[C@@H]5C[C@@H](C[C@H]3C5)C4)cc2)c(C)c1CC(=O)O. The molecule has 0 aliphatic heterocycles. The molecule has 1 aromatic heterocycles. The van der Waals surface area contributed by atoms with Gasteiger partial charge in [0.25, 0.3) is 0 Å². The monoisotopic (exact) mass is 421 g/mol. The van der Waals surface area contributed by atoms with E-state index in [1.165, 1.54) is 32.1 Å². The minimum absolute atomic E-state index is 0.00666. The summed E-state index contributed by atoms with van der Waals surface area (Å²) in [7, 11) is 0. The number of hydrogen-bond donors (Lipinski definition) is 2. The van der Waals surface area contributed by atoms with Crippen molar-refractivity contribution < 1.29 is 14.7 Å². The van der Waals surface area contributed by atoms with E-state index in [0.29, 0.717) is 18.4 Å². The topological polar surface area (TPSA) is 84.2 Å². The van der Waals surface area contributed by atoms with Gasteiger partial charge < -0.3 is 10.4 Å². The number of aryl methyl sites for hydroxylation is 1. The standard InChI is InChI=1S/C25H31N3O3/c1-14-22(12-23(29)30)15(2)28(27-14)13-16-3-5-21(6-4-16)26-25(31)24-19-8-17-7-18(10-19)11-20(24)9-17/h3-6,17-20,24H,7-13H2,1-2H3,(H,26,31)(H,29,30)/t17-,18+,19-,20+,24?. The average molecular weight is 422 g/mol. The molecule has 4 saturated carbocycles. The maximum atomic E-state index is 13.1. The van der Waals surface area contributed by atoms with Crippen molar-refractivity contribution in [3.63, 3.8) is 0 Å². The molecule has 6 nitrogen and oxygen atoms in total. The van der Waals surface area contributed by atoms with Crippen LogP contribution in [0.25, 0.3) is 0 Å². The molecule has 2 aromatic rings. The Kier molecular flexibility index (Phi) is 5.11. The van der Waals surface area contributed by atoms with E-state index in [-0.39, 0.29) is 18.2 Å². The normalized spacial score (nSPS) is 28.6. The first-order valence-corrected chi connectivity index (χ1v) is 11.5. The highest BCUT2D eigenvalue weighted by molar-refractivity contribution is 5.93. The Bertz CT molecular complexity index is 980. The first-order chi connectivity index (χ1) is 14.9. The number of hydrogen-bond acceptors (Lipinski definition) is 3. The van der Waals surface area contributed by atoms with Gasteiger partial charge in [0.05, 0.1) is 18.7 Å². The summed E-state index contributed by atoms with van der Waals surface area (Å²) in [5, 5.41) is 16.8. The molecule has 0 saturated heterocycles. The van der Waals surface area contributed by atoms with Crippen molar-refractivity contribution in [3.05, 3.63) is 46.8 Å². The summed E-state index contributed by atoms with van der Waals surface area (Å²) in [6.07, 6.45) is 6.38. The van der Waals surface area contributed by atoms with Crippen molar-refractivity contribution in [2.45, 2.75) is 58.9 Å². The van der Waals surface area contributed by atoms with Crippen molar-refractivity contribution >= 4 is 17.6 Å². The zero-order valence-electron chi connectivity index (χ0n) is 18.3.